The molecule has 0 aromatic heterocycles. The van der Waals surface area contributed by atoms with Crippen molar-refractivity contribution in [3.05, 3.63) is 54.1 Å². The van der Waals surface area contributed by atoms with Gasteiger partial charge in [0.1, 0.15) is 5.75 Å². The van der Waals surface area contributed by atoms with Crippen molar-refractivity contribution in [3.8, 4) is 5.75 Å². The van der Waals surface area contributed by atoms with Gasteiger partial charge in [-0.1, -0.05) is 18.2 Å². The molecular weight excluding hydrogens is 378 g/mol. The fraction of sp³-hybridized carbons (Fsp3) is 0.350. The molecule has 1 N–H and O–H groups in total. The standard InChI is InChI=1S/C20H25N3O4S/c1-3-28(25,26)21-17-8-6-7-16(15-17)20(24)23-13-11-22(12-14-23)18-9-4-5-10-19(18)27-2/h4-10,15,21H,3,11-14H2,1-2H3. The summed E-state index contributed by atoms with van der Waals surface area (Å²) in [6.07, 6.45) is 0. The lowest BCUT2D eigenvalue weighted by Crippen LogP contribution is -2.48. The Hall–Kier alpha value is -2.74. The Morgan fingerprint density at radius 3 is 2.46 bits per heavy atom. The third kappa shape index (κ3) is 4.56. The van der Waals surface area contributed by atoms with Crippen LogP contribution in [0, 0.1) is 0 Å². The maximum atomic E-state index is 12.9. The molecular formula is C20H25N3O4S. The monoisotopic (exact) mass is 403 g/mol. The van der Waals surface area contributed by atoms with Gasteiger partial charge in [-0.2, -0.15) is 0 Å². The first-order valence-corrected chi connectivity index (χ1v) is 10.9. The molecule has 1 saturated heterocycles. The Bertz CT molecular complexity index is 938. The van der Waals surface area contributed by atoms with Crippen molar-refractivity contribution >= 4 is 27.3 Å². The Balaban J connectivity index is 1.67. The van der Waals surface area contributed by atoms with Gasteiger partial charge in [-0.25, -0.2) is 8.42 Å². The van der Waals surface area contributed by atoms with Crippen LogP contribution in [0.3, 0.4) is 0 Å². The molecule has 0 aliphatic carbocycles. The SMILES string of the molecule is CCS(=O)(=O)Nc1cccc(C(=O)N2CCN(c3ccccc3OC)CC2)c1. The second-order valence-corrected chi connectivity index (χ2v) is 8.55. The van der Waals surface area contributed by atoms with Gasteiger partial charge in [0, 0.05) is 37.4 Å². The molecule has 7 nitrogen and oxygen atoms in total. The third-order valence-corrected chi connectivity index (χ3v) is 6.06. The van der Waals surface area contributed by atoms with Gasteiger partial charge in [0.05, 0.1) is 18.6 Å². The normalized spacial score (nSPS) is 14.6. The van der Waals surface area contributed by atoms with Gasteiger partial charge >= 0.3 is 0 Å². The fourth-order valence-corrected chi connectivity index (χ4v) is 3.82. The van der Waals surface area contributed by atoms with Crippen molar-refractivity contribution in [3.63, 3.8) is 0 Å². The first-order chi connectivity index (χ1) is 13.4. The predicted octanol–water partition coefficient (Wildman–Crippen LogP) is 2.42. The van der Waals surface area contributed by atoms with E-state index in [1.54, 1.807) is 43.2 Å². The topological polar surface area (TPSA) is 79.0 Å². The Kier molecular flexibility index (Phi) is 6.08. The highest BCUT2D eigenvalue weighted by atomic mass is 32.2. The van der Waals surface area contributed by atoms with Crippen LogP contribution in [0.1, 0.15) is 17.3 Å². The highest BCUT2D eigenvalue weighted by molar-refractivity contribution is 7.92. The van der Waals surface area contributed by atoms with E-state index in [0.29, 0.717) is 37.4 Å². The number of ether oxygens (including phenoxy) is 1. The van der Waals surface area contributed by atoms with E-state index in [1.165, 1.54) is 0 Å². The summed E-state index contributed by atoms with van der Waals surface area (Å²) in [5, 5.41) is 0. The van der Waals surface area contributed by atoms with Gasteiger partial charge in [-0.15, -0.1) is 0 Å². The largest absolute Gasteiger partial charge is 0.495 e. The van der Waals surface area contributed by atoms with Crippen LogP contribution in [0.4, 0.5) is 11.4 Å². The van der Waals surface area contributed by atoms with E-state index in [-0.39, 0.29) is 11.7 Å². The molecule has 0 spiro atoms. The number of piperazine rings is 1. The molecule has 28 heavy (non-hydrogen) atoms. The summed E-state index contributed by atoms with van der Waals surface area (Å²) in [4.78, 5) is 16.9. The average Bonchev–Trinajstić information content (AvgIpc) is 2.73. The molecule has 3 rings (SSSR count). The number of anilines is 2. The lowest BCUT2D eigenvalue weighted by Gasteiger charge is -2.36. The molecule has 1 fully saturated rings. The zero-order chi connectivity index (χ0) is 20.1. The molecule has 8 heteroatoms. The van der Waals surface area contributed by atoms with Crippen LogP contribution in [0.25, 0.3) is 0 Å². The lowest BCUT2D eigenvalue weighted by molar-refractivity contribution is 0.0746. The summed E-state index contributed by atoms with van der Waals surface area (Å²) in [7, 11) is -1.73. The van der Waals surface area contributed by atoms with Crippen molar-refractivity contribution < 1.29 is 17.9 Å². The van der Waals surface area contributed by atoms with Crippen molar-refractivity contribution in [2.75, 3.05) is 48.7 Å². The molecule has 0 saturated carbocycles. The van der Waals surface area contributed by atoms with Crippen molar-refractivity contribution in [1.82, 2.24) is 4.90 Å². The van der Waals surface area contributed by atoms with Crippen LogP contribution >= 0.6 is 0 Å². The number of hydrogen-bond donors (Lipinski definition) is 1. The van der Waals surface area contributed by atoms with E-state index in [1.807, 2.05) is 24.3 Å². The van der Waals surface area contributed by atoms with Gasteiger partial charge in [0.25, 0.3) is 5.91 Å². The number of nitrogens with one attached hydrogen (secondary N) is 1. The molecule has 150 valence electrons. The number of para-hydroxylation sites is 2. The van der Waals surface area contributed by atoms with Crippen molar-refractivity contribution in [2.24, 2.45) is 0 Å². The summed E-state index contributed by atoms with van der Waals surface area (Å²) in [6, 6.07) is 14.5. The minimum atomic E-state index is -3.38. The number of sulfonamides is 1. The summed E-state index contributed by atoms with van der Waals surface area (Å²) < 4.78 is 31.4. The molecule has 0 bridgehead atoms. The van der Waals surface area contributed by atoms with E-state index in [2.05, 4.69) is 9.62 Å². The number of rotatable bonds is 6. The molecule has 0 atom stereocenters. The van der Waals surface area contributed by atoms with Crippen LogP contribution in [-0.4, -0.2) is 58.3 Å². The van der Waals surface area contributed by atoms with Gasteiger partial charge in [0.15, 0.2) is 0 Å². The van der Waals surface area contributed by atoms with Gasteiger partial charge in [-0.05, 0) is 37.3 Å². The fourth-order valence-electron chi connectivity index (χ4n) is 3.19. The molecule has 1 heterocycles. The second-order valence-electron chi connectivity index (χ2n) is 6.54. The van der Waals surface area contributed by atoms with Crippen LogP contribution in [0.2, 0.25) is 0 Å². The average molecular weight is 404 g/mol. The highest BCUT2D eigenvalue weighted by Crippen LogP contribution is 2.28. The molecule has 1 aliphatic rings. The minimum Gasteiger partial charge on any atom is -0.495 e. The van der Waals surface area contributed by atoms with Gasteiger partial charge < -0.3 is 14.5 Å². The van der Waals surface area contributed by atoms with E-state index in [9.17, 15) is 13.2 Å². The maximum absolute atomic E-state index is 12.9. The van der Waals surface area contributed by atoms with E-state index in [0.717, 1.165) is 11.4 Å². The Morgan fingerprint density at radius 1 is 1.07 bits per heavy atom. The number of amides is 1. The minimum absolute atomic E-state index is 0.0178. The number of nitrogens with zero attached hydrogens (tertiary/aromatic N) is 2. The van der Waals surface area contributed by atoms with Crippen LogP contribution in [0.5, 0.6) is 5.75 Å². The number of hydrogen-bond acceptors (Lipinski definition) is 5. The number of methoxy groups -OCH3 is 1. The summed E-state index contributed by atoms with van der Waals surface area (Å²) >= 11 is 0. The molecule has 0 radical (unpaired) electrons. The molecule has 1 amide bonds. The maximum Gasteiger partial charge on any atom is 0.254 e. The Labute approximate surface area is 166 Å². The molecule has 2 aromatic carbocycles. The summed E-state index contributed by atoms with van der Waals surface area (Å²) in [5.41, 5.74) is 1.90. The number of benzene rings is 2. The van der Waals surface area contributed by atoms with Crippen LogP contribution in [0.15, 0.2) is 48.5 Å². The van der Waals surface area contributed by atoms with Crippen molar-refractivity contribution in [2.45, 2.75) is 6.92 Å². The summed E-state index contributed by atoms with van der Waals surface area (Å²) in [5.74, 6) is 0.700. The first kappa shape index (κ1) is 20.0. The van der Waals surface area contributed by atoms with Gasteiger partial charge in [-0.3, -0.25) is 9.52 Å². The zero-order valence-electron chi connectivity index (χ0n) is 16.1. The zero-order valence-corrected chi connectivity index (χ0v) is 16.9. The number of carbonyl (C=O) groups excluding carboxylic acids is 1. The van der Waals surface area contributed by atoms with E-state index < -0.39 is 10.0 Å². The number of carbonyl (C=O) groups is 1. The van der Waals surface area contributed by atoms with Crippen LogP contribution < -0.4 is 14.4 Å². The Morgan fingerprint density at radius 2 is 1.79 bits per heavy atom. The highest BCUT2D eigenvalue weighted by Gasteiger charge is 2.24. The molecule has 2 aromatic rings. The molecule has 1 aliphatic heterocycles. The first-order valence-electron chi connectivity index (χ1n) is 9.21. The van der Waals surface area contributed by atoms with Crippen LogP contribution in [-0.2, 0) is 10.0 Å². The third-order valence-electron chi connectivity index (χ3n) is 4.76. The van der Waals surface area contributed by atoms with E-state index in [4.69, 9.17) is 4.74 Å². The van der Waals surface area contributed by atoms with Crippen molar-refractivity contribution in [1.29, 1.82) is 0 Å². The smallest absolute Gasteiger partial charge is 0.254 e. The summed E-state index contributed by atoms with van der Waals surface area (Å²) in [6.45, 7) is 4.14. The van der Waals surface area contributed by atoms with E-state index >= 15 is 0 Å². The second kappa shape index (κ2) is 8.52. The lowest BCUT2D eigenvalue weighted by atomic mass is 10.1. The predicted molar refractivity (Wildman–Crippen MR) is 111 cm³/mol. The quantitative estimate of drug-likeness (QED) is 0.801. The molecule has 0 unspecified atom stereocenters. The van der Waals surface area contributed by atoms with Gasteiger partial charge in [0.2, 0.25) is 10.0 Å².